The first-order chi connectivity index (χ1) is 16.9. The monoisotopic (exact) mass is 485 g/mol. The van der Waals surface area contributed by atoms with Gasteiger partial charge in [-0.3, -0.25) is 9.59 Å². The van der Waals surface area contributed by atoms with Crippen molar-refractivity contribution in [2.24, 2.45) is 5.92 Å². The molecule has 2 N–H and O–H groups in total. The van der Waals surface area contributed by atoms with Gasteiger partial charge in [0.2, 0.25) is 5.91 Å². The zero-order valence-corrected chi connectivity index (χ0v) is 20.8. The number of nitrogens with zero attached hydrogens (tertiary/aromatic N) is 1. The number of benzene rings is 3. The molecule has 0 fully saturated rings. The van der Waals surface area contributed by atoms with Crippen molar-refractivity contribution in [3.8, 4) is 0 Å². The van der Waals surface area contributed by atoms with Crippen LogP contribution < -0.4 is 5.32 Å². The maximum atomic E-state index is 13.9. The molecule has 2 amide bonds. The first-order valence-corrected chi connectivity index (χ1v) is 12.3. The van der Waals surface area contributed by atoms with Gasteiger partial charge in [-0.1, -0.05) is 68.3 Å². The lowest BCUT2D eigenvalue weighted by Crippen LogP contribution is -2.50. The van der Waals surface area contributed by atoms with Gasteiger partial charge in [0, 0.05) is 38.4 Å². The molecule has 0 aliphatic carbocycles. The molecule has 3 unspecified atom stereocenters. The lowest BCUT2D eigenvalue weighted by Gasteiger charge is -2.36. The summed E-state index contributed by atoms with van der Waals surface area (Å²) in [5.74, 6) is -0.384. The van der Waals surface area contributed by atoms with Gasteiger partial charge in [0.05, 0.1) is 6.04 Å². The van der Waals surface area contributed by atoms with Crippen molar-refractivity contribution in [2.45, 2.75) is 39.3 Å². The highest BCUT2D eigenvalue weighted by atomic mass is 35.5. The van der Waals surface area contributed by atoms with Crippen LogP contribution in [-0.4, -0.2) is 27.7 Å². The van der Waals surface area contributed by atoms with E-state index in [9.17, 15) is 9.59 Å². The number of aryl methyl sites for hydroxylation is 1. The van der Waals surface area contributed by atoms with E-state index in [1.165, 1.54) is 0 Å². The molecule has 5 nitrogen and oxygen atoms in total. The molecule has 1 aliphatic rings. The van der Waals surface area contributed by atoms with E-state index in [0.717, 1.165) is 34.1 Å². The first kappa shape index (κ1) is 23.2. The quantitative estimate of drug-likeness (QED) is 0.318. The van der Waals surface area contributed by atoms with E-state index in [-0.39, 0.29) is 23.8 Å². The van der Waals surface area contributed by atoms with Gasteiger partial charge in [-0.25, -0.2) is 0 Å². The fourth-order valence-electron chi connectivity index (χ4n) is 5.20. The number of halogens is 1. The van der Waals surface area contributed by atoms with Crippen molar-refractivity contribution in [3.05, 3.63) is 100 Å². The molecule has 1 aliphatic heterocycles. The summed E-state index contributed by atoms with van der Waals surface area (Å²) in [5.41, 5.74) is 5.27. The smallest absolute Gasteiger partial charge is 0.255 e. The van der Waals surface area contributed by atoms with Crippen LogP contribution in [0.3, 0.4) is 0 Å². The average molecular weight is 486 g/mol. The molecule has 0 spiro atoms. The minimum absolute atomic E-state index is 0.0615. The van der Waals surface area contributed by atoms with Gasteiger partial charge in [0.1, 0.15) is 6.04 Å². The second-order valence-electron chi connectivity index (χ2n) is 9.24. The van der Waals surface area contributed by atoms with Gasteiger partial charge >= 0.3 is 0 Å². The molecule has 0 saturated carbocycles. The molecular formula is C29H28ClN3O2. The van der Waals surface area contributed by atoms with Crippen LogP contribution in [-0.2, 0) is 4.79 Å². The van der Waals surface area contributed by atoms with Gasteiger partial charge in [-0.15, -0.1) is 0 Å². The Morgan fingerprint density at radius 2 is 1.74 bits per heavy atom. The van der Waals surface area contributed by atoms with E-state index < -0.39 is 6.04 Å². The molecule has 3 aromatic carbocycles. The minimum atomic E-state index is -0.659. The van der Waals surface area contributed by atoms with Crippen LogP contribution in [0.25, 0.3) is 10.9 Å². The Balaban J connectivity index is 1.65. The van der Waals surface area contributed by atoms with Gasteiger partial charge in [-0.2, -0.15) is 0 Å². The lowest BCUT2D eigenvalue weighted by atomic mass is 9.91. The van der Waals surface area contributed by atoms with Crippen molar-refractivity contribution in [1.82, 2.24) is 9.88 Å². The van der Waals surface area contributed by atoms with Crippen molar-refractivity contribution in [2.75, 3.05) is 5.32 Å². The number of nitrogens with one attached hydrogen (secondary N) is 2. The first-order valence-electron chi connectivity index (χ1n) is 12.0. The fourth-order valence-corrected chi connectivity index (χ4v) is 5.33. The summed E-state index contributed by atoms with van der Waals surface area (Å²) in [6.07, 6.45) is 0.748. The van der Waals surface area contributed by atoms with Crippen molar-refractivity contribution < 1.29 is 9.59 Å². The number of hydrogen-bond acceptors (Lipinski definition) is 2. The van der Waals surface area contributed by atoms with Crippen LogP contribution in [0.1, 0.15) is 53.5 Å². The summed E-state index contributed by atoms with van der Waals surface area (Å²) < 4.78 is 0. The number of fused-ring (bicyclic) bond motifs is 2. The number of hydrogen-bond donors (Lipinski definition) is 2. The molecule has 178 valence electrons. The summed E-state index contributed by atoms with van der Waals surface area (Å²) >= 11 is 6.03. The van der Waals surface area contributed by atoms with E-state index in [0.29, 0.717) is 16.3 Å². The predicted molar refractivity (Wildman–Crippen MR) is 141 cm³/mol. The van der Waals surface area contributed by atoms with E-state index in [2.05, 4.69) is 16.4 Å². The second-order valence-corrected chi connectivity index (χ2v) is 9.67. The van der Waals surface area contributed by atoms with Crippen LogP contribution in [0.2, 0.25) is 5.02 Å². The Bertz CT molecular complexity index is 1410. The number of aromatic amines is 1. The number of amides is 2. The number of carbonyl (C=O) groups excluding carboxylic acids is 2. The molecule has 0 bridgehead atoms. The van der Waals surface area contributed by atoms with E-state index in [1.54, 1.807) is 29.2 Å². The largest absolute Gasteiger partial charge is 0.358 e. The van der Waals surface area contributed by atoms with E-state index >= 15 is 0 Å². The Kier molecular flexibility index (Phi) is 6.12. The maximum absolute atomic E-state index is 13.9. The van der Waals surface area contributed by atoms with Gasteiger partial charge in [0.15, 0.2) is 0 Å². The van der Waals surface area contributed by atoms with Crippen molar-refractivity contribution >= 4 is 40.0 Å². The third-order valence-electron chi connectivity index (χ3n) is 7.08. The van der Waals surface area contributed by atoms with E-state index in [4.69, 9.17) is 11.6 Å². The molecule has 1 aromatic heterocycles. The number of para-hydroxylation sites is 1. The molecular weight excluding hydrogens is 458 g/mol. The molecule has 2 heterocycles. The Hall–Kier alpha value is -3.57. The molecule has 3 atom stereocenters. The zero-order valence-electron chi connectivity index (χ0n) is 20.0. The number of aromatic nitrogens is 1. The SMILES string of the molecule is CCC(C)C(C(=O)Nc1ccc(Cl)cc1)N1C(=O)c2ccccc2C1c1c(C)[nH]c2ccccc12. The van der Waals surface area contributed by atoms with E-state index in [1.807, 2.05) is 63.2 Å². The molecule has 6 heteroatoms. The molecule has 35 heavy (non-hydrogen) atoms. The third kappa shape index (κ3) is 4.00. The highest BCUT2D eigenvalue weighted by Gasteiger charge is 2.46. The normalized spacial score (nSPS) is 16.9. The Morgan fingerprint density at radius 3 is 2.49 bits per heavy atom. The third-order valence-corrected chi connectivity index (χ3v) is 7.33. The maximum Gasteiger partial charge on any atom is 0.255 e. The summed E-state index contributed by atoms with van der Waals surface area (Å²) in [6.45, 7) is 6.11. The Labute approximate surface area is 210 Å². The molecule has 4 aromatic rings. The predicted octanol–water partition coefficient (Wildman–Crippen LogP) is 6.73. The number of H-pyrrole nitrogens is 1. The number of anilines is 1. The van der Waals surface area contributed by atoms with Crippen LogP contribution in [0.5, 0.6) is 0 Å². The van der Waals surface area contributed by atoms with Crippen LogP contribution in [0.15, 0.2) is 72.8 Å². The van der Waals surface area contributed by atoms with Crippen LogP contribution in [0, 0.1) is 12.8 Å². The summed E-state index contributed by atoms with van der Waals surface area (Å²) in [4.78, 5) is 33.0. The minimum Gasteiger partial charge on any atom is -0.358 e. The topological polar surface area (TPSA) is 65.2 Å². The van der Waals surface area contributed by atoms with Gasteiger partial charge in [0.25, 0.3) is 5.91 Å². The summed E-state index contributed by atoms with van der Waals surface area (Å²) in [5, 5.41) is 4.69. The standard InChI is InChI=1S/C29H28ClN3O2/c1-4-17(2)26(28(34)32-20-15-13-19(30)14-16-20)33-27(21-9-5-6-10-22(21)29(33)35)25-18(3)31-24-12-8-7-11-23(24)25/h5-17,26-27,31H,4H2,1-3H3,(H,32,34). The molecule has 0 radical (unpaired) electrons. The molecule has 5 rings (SSSR count). The van der Waals surface area contributed by atoms with Crippen molar-refractivity contribution in [3.63, 3.8) is 0 Å². The second kappa shape index (κ2) is 9.23. The van der Waals surface area contributed by atoms with Crippen LogP contribution in [0.4, 0.5) is 5.69 Å². The Morgan fingerprint density at radius 1 is 1.06 bits per heavy atom. The highest BCUT2D eigenvalue weighted by molar-refractivity contribution is 6.30. The summed E-state index contributed by atoms with van der Waals surface area (Å²) in [7, 11) is 0. The molecule has 0 saturated heterocycles. The number of carbonyl (C=O) groups is 2. The van der Waals surface area contributed by atoms with Gasteiger partial charge < -0.3 is 15.2 Å². The lowest BCUT2D eigenvalue weighted by molar-refractivity contribution is -0.122. The fraction of sp³-hybridized carbons (Fsp3) is 0.241. The summed E-state index contributed by atoms with van der Waals surface area (Å²) in [6, 6.07) is 21.8. The van der Waals surface area contributed by atoms with Gasteiger partial charge in [-0.05, 0) is 54.8 Å². The van der Waals surface area contributed by atoms with Crippen LogP contribution >= 0.6 is 11.6 Å². The zero-order chi connectivity index (χ0) is 24.7. The number of rotatable bonds is 6. The van der Waals surface area contributed by atoms with Crippen molar-refractivity contribution in [1.29, 1.82) is 0 Å². The average Bonchev–Trinajstić information content (AvgIpc) is 3.33. The highest BCUT2D eigenvalue weighted by Crippen LogP contribution is 2.45.